The van der Waals surface area contributed by atoms with E-state index in [0.29, 0.717) is 12.4 Å². The lowest BCUT2D eigenvalue weighted by Gasteiger charge is -2.33. The Morgan fingerprint density at radius 1 is 0.971 bits per heavy atom. The highest BCUT2D eigenvalue weighted by molar-refractivity contribution is 6.24. The second-order valence-electron chi connectivity index (χ2n) is 8.60. The van der Waals surface area contributed by atoms with Crippen molar-refractivity contribution in [2.75, 3.05) is 40.1 Å². The molecule has 34 heavy (non-hydrogen) atoms. The van der Waals surface area contributed by atoms with Crippen LogP contribution in [0.5, 0.6) is 17.2 Å². The molecule has 3 aromatic rings. The minimum atomic E-state index is 0.0733. The summed E-state index contributed by atoms with van der Waals surface area (Å²) in [5.41, 5.74) is 3.84. The second kappa shape index (κ2) is 10.0. The lowest BCUT2D eigenvalue weighted by Crippen LogP contribution is -3.13. The van der Waals surface area contributed by atoms with E-state index in [1.807, 2.05) is 71.6 Å². The highest BCUT2D eigenvalue weighted by atomic mass is 16.7. The number of carbonyl (C=O) groups is 1. The van der Waals surface area contributed by atoms with Gasteiger partial charge in [-0.25, -0.2) is 0 Å². The van der Waals surface area contributed by atoms with Crippen LogP contribution >= 0.6 is 0 Å². The largest absolute Gasteiger partial charge is 0.497 e. The average molecular weight is 458 g/mol. The number of piperazine rings is 1. The first-order chi connectivity index (χ1) is 16.7. The number of methoxy groups -OCH3 is 1. The monoisotopic (exact) mass is 457 g/mol. The molecule has 1 saturated heterocycles. The fourth-order valence-corrected chi connectivity index (χ4v) is 4.47. The molecule has 2 aliphatic heterocycles. The van der Waals surface area contributed by atoms with E-state index in [4.69, 9.17) is 14.2 Å². The van der Waals surface area contributed by atoms with Gasteiger partial charge < -0.3 is 24.0 Å². The summed E-state index contributed by atoms with van der Waals surface area (Å²) in [5, 5.41) is 0. The molecule has 3 aromatic carbocycles. The second-order valence-corrected chi connectivity index (χ2v) is 8.60. The standard InChI is InChI=1S/C28H28N2O4/c1-32-24-10-7-21(8-11-24)17-25(23-5-3-2-4-6-23)28(31)30-15-13-29(14-16-30)19-22-9-12-26-27(18-22)34-20-33-26/h2-12,17-18H,13-16,19-20H2,1H3/p+1/b25-17-. The van der Waals surface area contributed by atoms with Gasteiger partial charge in [-0.05, 0) is 47.5 Å². The molecule has 0 bridgehead atoms. The number of quaternary nitrogens is 1. The molecule has 0 unspecified atom stereocenters. The zero-order chi connectivity index (χ0) is 23.3. The van der Waals surface area contributed by atoms with Crippen molar-refractivity contribution in [2.24, 2.45) is 0 Å². The zero-order valence-corrected chi connectivity index (χ0v) is 19.3. The Kier molecular flexibility index (Phi) is 6.49. The van der Waals surface area contributed by atoms with Gasteiger partial charge in [0, 0.05) is 11.1 Å². The van der Waals surface area contributed by atoms with Crippen molar-refractivity contribution in [2.45, 2.75) is 6.54 Å². The highest BCUT2D eigenvalue weighted by Gasteiger charge is 2.27. The number of nitrogens with zero attached hydrogens (tertiary/aromatic N) is 1. The van der Waals surface area contributed by atoms with Crippen LogP contribution in [-0.2, 0) is 11.3 Å². The molecule has 0 radical (unpaired) electrons. The molecule has 1 N–H and O–H groups in total. The Morgan fingerprint density at radius 3 is 2.44 bits per heavy atom. The molecular formula is C28H29N2O4+. The van der Waals surface area contributed by atoms with Crippen molar-refractivity contribution in [3.05, 3.63) is 89.5 Å². The minimum Gasteiger partial charge on any atom is -0.497 e. The Morgan fingerprint density at radius 2 is 1.71 bits per heavy atom. The normalized spacial score (nSPS) is 15.9. The maximum atomic E-state index is 13.6. The van der Waals surface area contributed by atoms with Gasteiger partial charge >= 0.3 is 0 Å². The minimum absolute atomic E-state index is 0.0733. The first kappa shape index (κ1) is 22.0. The van der Waals surface area contributed by atoms with Gasteiger partial charge in [0.2, 0.25) is 6.79 Å². The molecule has 0 aromatic heterocycles. The first-order valence-electron chi connectivity index (χ1n) is 11.6. The first-order valence-corrected chi connectivity index (χ1v) is 11.6. The van der Waals surface area contributed by atoms with Crippen LogP contribution in [0.25, 0.3) is 11.6 Å². The molecule has 5 rings (SSSR count). The van der Waals surface area contributed by atoms with Gasteiger partial charge in [-0.3, -0.25) is 4.79 Å². The van der Waals surface area contributed by atoms with E-state index in [2.05, 4.69) is 12.1 Å². The molecule has 1 fully saturated rings. The summed E-state index contributed by atoms with van der Waals surface area (Å²) in [6, 6.07) is 23.8. The molecule has 174 valence electrons. The summed E-state index contributed by atoms with van der Waals surface area (Å²) in [6.07, 6.45) is 1.98. The SMILES string of the molecule is COc1ccc(/C=C(\C(=O)N2CC[NH+](Cc3ccc4c(c3)OCO4)CC2)c2ccccc2)cc1. The van der Waals surface area contributed by atoms with E-state index >= 15 is 0 Å². The van der Waals surface area contributed by atoms with Crippen LogP contribution in [0.2, 0.25) is 0 Å². The van der Waals surface area contributed by atoms with Crippen molar-refractivity contribution in [1.29, 1.82) is 0 Å². The lowest BCUT2D eigenvalue weighted by molar-refractivity contribution is -0.917. The number of carbonyl (C=O) groups excluding carboxylic acids is 1. The van der Waals surface area contributed by atoms with E-state index in [1.165, 1.54) is 10.5 Å². The molecule has 6 heteroatoms. The van der Waals surface area contributed by atoms with Gasteiger partial charge in [-0.2, -0.15) is 0 Å². The van der Waals surface area contributed by atoms with Crippen molar-refractivity contribution >= 4 is 17.6 Å². The van der Waals surface area contributed by atoms with Crippen LogP contribution in [0.1, 0.15) is 16.7 Å². The zero-order valence-electron chi connectivity index (χ0n) is 19.3. The third-order valence-electron chi connectivity index (χ3n) is 6.39. The highest BCUT2D eigenvalue weighted by Crippen LogP contribution is 2.32. The van der Waals surface area contributed by atoms with Crippen molar-refractivity contribution in [3.8, 4) is 17.2 Å². The summed E-state index contributed by atoms with van der Waals surface area (Å²) >= 11 is 0. The topological polar surface area (TPSA) is 52.4 Å². The Hall–Kier alpha value is -3.77. The van der Waals surface area contributed by atoms with E-state index in [0.717, 1.165) is 61.1 Å². The van der Waals surface area contributed by atoms with Gasteiger partial charge in [0.15, 0.2) is 11.5 Å². The summed E-state index contributed by atoms with van der Waals surface area (Å²) in [4.78, 5) is 17.1. The quantitative estimate of drug-likeness (QED) is 0.457. The van der Waals surface area contributed by atoms with Gasteiger partial charge in [0.25, 0.3) is 5.91 Å². The number of hydrogen-bond donors (Lipinski definition) is 1. The Labute approximate surface area is 200 Å². The molecule has 1 amide bonds. The Bertz CT molecular complexity index is 1170. The van der Waals surface area contributed by atoms with Crippen LogP contribution < -0.4 is 19.1 Å². The molecule has 0 spiro atoms. The van der Waals surface area contributed by atoms with E-state index in [-0.39, 0.29) is 5.91 Å². The predicted octanol–water partition coefficient (Wildman–Crippen LogP) is 2.89. The number of hydrogen-bond acceptors (Lipinski definition) is 4. The fraction of sp³-hybridized carbons (Fsp3) is 0.250. The Balaban J connectivity index is 1.28. The number of amides is 1. The molecule has 2 aliphatic rings. The smallest absolute Gasteiger partial charge is 0.254 e. The number of fused-ring (bicyclic) bond motifs is 1. The third kappa shape index (κ3) is 4.92. The molecule has 2 heterocycles. The van der Waals surface area contributed by atoms with Gasteiger partial charge in [-0.15, -0.1) is 0 Å². The molecular weight excluding hydrogens is 428 g/mol. The average Bonchev–Trinajstić information content (AvgIpc) is 3.36. The fourth-order valence-electron chi connectivity index (χ4n) is 4.47. The maximum Gasteiger partial charge on any atom is 0.254 e. The number of benzene rings is 3. The molecule has 0 aliphatic carbocycles. The van der Waals surface area contributed by atoms with E-state index in [9.17, 15) is 4.79 Å². The number of nitrogens with one attached hydrogen (secondary N) is 1. The van der Waals surface area contributed by atoms with Gasteiger partial charge in [0.05, 0.1) is 33.3 Å². The van der Waals surface area contributed by atoms with Gasteiger partial charge in [-0.1, -0.05) is 42.5 Å². The predicted molar refractivity (Wildman–Crippen MR) is 131 cm³/mol. The summed E-state index contributed by atoms with van der Waals surface area (Å²) < 4.78 is 16.2. The third-order valence-corrected chi connectivity index (χ3v) is 6.39. The van der Waals surface area contributed by atoms with E-state index < -0.39 is 0 Å². The maximum absolute atomic E-state index is 13.6. The summed E-state index contributed by atoms with van der Waals surface area (Å²) in [7, 11) is 1.65. The number of ether oxygens (including phenoxy) is 3. The van der Waals surface area contributed by atoms with Crippen LogP contribution in [0.15, 0.2) is 72.8 Å². The van der Waals surface area contributed by atoms with E-state index in [1.54, 1.807) is 7.11 Å². The number of rotatable bonds is 6. The van der Waals surface area contributed by atoms with Crippen LogP contribution in [0, 0.1) is 0 Å². The van der Waals surface area contributed by atoms with Crippen LogP contribution in [0.4, 0.5) is 0 Å². The van der Waals surface area contributed by atoms with Crippen molar-refractivity contribution < 1.29 is 23.9 Å². The summed E-state index contributed by atoms with van der Waals surface area (Å²) in [6.45, 7) is 4.47. The molecule has 6 nitrogen and oxygen atoms in total. The van der Waals surface area contributed by atoms with Crippen molar-refractivity contribution in [1.82, 2.24) is 4.90 Å². The van der Waals surface area contributed by atoms with Crippen molar-refractivity contribution in [3.63, 3.8) is 0 Å². The van der Waals surface area contributed by atoms with Crippen LogP contribution in [0.3, 0.4) is 0 Å². The lowest BCUT2D eigenvalue weighted by atomic mass is 10.0. The van der Waals surface area contributed by atoms with Gasteiger partial charge in [0.1, 0.15) is 12.3 Å². The van der Waals surface area contributed by atoms with Crippen LogP contribution in [-0.4, -0.2) is 50.9 Å². The molecule has 0 saturated carbocycles. The molecule has 0 atom stereocenters. The summed E-state index contributed by atoms with van der Waals surface area (Å²) in [5.74, 6) is 2.50.